The number of aromatic nitrogens is 1. The smallest absolute Gasteiger partial charge is 0.258 e. The van der Waals surface area contributed by atoms with Crippen molar-refractivity contribution in [2.45, 2.75) is 25.8 Å². The molecule has 3 fully saturated rings. The first kappa shape index (κ1) is 13.4. The summed E-state index contributed by atoms with van der Waals surface area (Å²) >= 11 is 6.28. The third-order valence-electron chi connectivity index (χ3n) is 5.18. The molecule has 1 atom stereocenters. The minimum Gasteiger partial charge on any atom is -0.310 e. The van der Waals surface area contributed by atoms with E-state index in [2.05, 4.69) is 4.90 Å². The molecule has 21 heavy (non-hydrogen) atoms. The highest BCUT2D eigenvalue weighted by Gasteiger charge is 2.35. The molecule has 3 aliphatic heterocycles. The molecule has 1 unspecified atom stereocenters. The molecular formula is C17H19ClN2O. The van der Waals surface area contributed by atoms with Crippen LogP contribution in [0.1, 0.15) is 24.4 Å². The number of hydrogen-bond donors (Lipinski definition) is 0. The lowest BCUT2D eigenvalue weighted by atomic mass is 9.83. The molecule has 110 valence electrons. The minimum atomic E-state index is 0.108. The fraction of sp³-hybridized carbons (Fsp3) is 0.471. The zero-order valence-corrected chi connectivity index (χ0v) is 12.9. The molecule has 4 heteroatoms. The third-order valence-corrected chi connectivity index (χ3v) is 5.50. The number of piperidine rings is 3. The van der Waals surface area contributed by atoms with E-state index in [1.165, 1.54) is 25.9 Å². The first-order chi connectivity index (χ1) is 10.1. The number of pyridine rings is 1. The van der Waals surface area contributed by atoms with Crippen LogP contribution in [0.3, 0.4) is 0 Å². The van der Waals surface area contributed by atoms with Crippen LogP contribution in [0.15, 0.2) is 29.2 Å². The lowest BCUT2D eigenvalue weighted by Gasteiger charge is -2.45. The number of nitrogens with zero attached hydrogens (tertiary/aromatic N) is 2. The lowest BCUT2D eigenvalue weighted by molar-refractivity contribution is 0.0556. The average molecular weight is 303 g/mol. The summed E-state index contributed by atoms with van der Waals surface area (Å²) in [5.74, 6) is 0.642. The van der Waals surface area contributed by atoms with E-state index in [0.29, 0.717) is 17.0 Å². The molecule has 1 aromatic heterocycles. The van der Waals surface area contributed by atoms with Crippen molar-refractivity contribution >= 4 is 22.4 Å². The van der Waals surface area contributed by atoms with E-state index in [1.807, 2.05) is 35.9 Å². The van der Waals surface area contributed by atoms with Gasteiger partial charge in [-0.2, -0.15) is 0 Å². The molecule has 0 radical (unpaired) electrons. The van der Waals surface area contributed by atoms with Crippen LogP contribution in [-0.2, 0) is 0 Å². The van der Waals surface area contributed by atoms with Crippen molar-refractivity contribution in [1.82, 2.24) is 9.47 Å². The van der Waals surface area contributed by atoms with E-state index in [0.717, 1.165) is 22.9 Å². The predicted molar refractivity (Wildman–Crippen MR) is 86.2 cm³/mol. The molecule has 3 saturated heterocycles. The first-order valence-corrected chi connectivity index (χ1v) is 8.05. The third kappa shape index (κ3) is 2.02. The van der Waals surface area contributed by atoms with E-state index in [4.69, 9.17) is 11.6 Å². The van der Waals surface area contributed by atoms with Crippen molar-refractivity contribution in [1.29, 1.82) is 0 Å². The Labute approximate surface area is 129 Å². The van der Waals surface area contributed by atoms with Gasteiger partial charge in [-0.3, -0.25) is 4.79 Å². The van der Waals surface area contributed by atoms with Gasteiger partial charge in [0.15, 0.2) is 0 Å². The zero-order chi connectivity index (χ0) is 14.6. The van der Waals surface area contributed by atoms with Crippen molar-refractivity contribution in [3.63, 3.8) is 0 Å². The van der Waals surface area contributed by atoms with Crippen molar-refractivity contribution < 1.29 is 0 Å². The Bertz CT molecular complexity index is 759. The number of rotatable bonds is 1. The van der Waals surface area contributed by atoms with Gasteiger partial charge in [-0.15, -0.1) is 0 Å². The van der Waals surface area contributed by atoms with Gasteiger partial charge in [0.05, 0.1) is 6.04 Å². The summed E-state index contributed by atoms with van der Waals surface area (Å²) in [4.78, 5) is 15.4. The molecule has 1 aromatic carbocycles. The Morgan fingerprint density at radius 3 is 2.67 bits per heavy atom. The summed E-state index contributed by atoms with van der Waals surface area (Å²) in [5.41, 5.74) is 1.20. The number of fused-ring (bicyclic) bond motifs is 4. The van der Waals surface area contributed by atoms with Crippen molar-refractivity contribution in [2.24, 2.45) is 5.92 Å². The molecule has 0 aliphatic carbocycles. The van der Waals surface area contributed by atoms with Gasteiger partial charge in [0.2, 0.25) is 0 Å². The summed E-state index contributed by atoms with van der Waals surface area (Å²) in [6.45, 7) is 5.43. The SMILES string of the molecule is Cc1cn(C2CN3CCC2CC3)c(=O)c2cccc(Cl)c12. The maximum absolute atomic E-state index is 12.9. The van der Waals surface area contributed by atoms with Gasteiger partial charge in [-0.25, -0.2) is 0 Å². The average Bonchev–Trinajstić information content (AvgIpc) is 2.52. The van der Waals surface area contributed by atoms with Crippen LogP contribution in [0.4, 0.5) is 0 Å². The Hall–Kier alpha value is -1.32. The van der Waals surface area contributed by atoms with Crippen molar-refractivity contribution in [2.75, 3.05) is 19.6 Å². The van der Waals surface area contributed by atoms with Gasteiger partial charge in [-0.1, -0.05) is 17.7 Å². The fourth-order valence-electron chi connectivity index (χ4n) is 4.07. The molecule has 0 N–H and O–H groups in total. The van der Waals surface area contributed by atoms with Gasteiger partial charge in [0, 0.05) is 28.5 Å². The van der Waals surface area contributed by atoms with Gasteiger partial charge in [-0.05, 0) is 56.5 Å². The summed E-state index contributed by atoms with van der Waals surface area (Å²) in [5, 5.41) is 2.32. The van der Waals surface area contributed by atoms with Crippen LogP contribution < -0.4 is 5.56 Å². The highest BCUT2D eigenvalue weighted by Crippen LogP contribution is 2.35. The van der Waals surface area contributed by atoms with Crippen LogP contribution in [0.5, 0.6) is 0 Å². The Morgan fingerprint density at radius 1 is 1.24 bits per heavy atom. The zero-order valence-electron chi connectivity index (χ0n) is 12.2. The largest absolute Gasteiger partial charge is 0.310 e. The monoisotopic (exact) mass is 302 g/mol. The number of halogens is 1. The van der Waals surface area contributed by atoms with Crippen LogP contribution in [0, 0.1) is 12.8 Å². The molecule has 0 amide bonds. The van der Waals surface area contributed by atoms with Gasteiger partial charge < -0.3 is 9.47 Å². The summed E-state index contributed by atoms with van der Waals surface area (Å²) < 4.78 is 1.98. The highest BCUT2D eigenvalue weighted by molar-refractivity contribution is 6.35. The molecule has 4 heterocycles. The molecule has 3 nitrogen and oxygen atoms in total. The van der Waals surface area contributed by atoms with Gasteiger partial charge >= 0.3 is 0 Å². The maximum Gasteiger partial charge on any atom is 0.258 e. The highest BCUT2D eigenvalue weighted by atomic mass is 35.5. The molecule has 2 bridgehead atoms. The van der Waals surface area contributed by atoms with E-state index in [1.54, 1.807) is 0 Å². The van der Waals surface area contributed by atoms with E-state index in [-0.39, 0.29) is 5.56 Å². The van der Waals surface area contributed by atoms with Crippen molar-refractivity contribution in [3.05, 3.63) is 45.3 Å². The van der Waals surface area contributed by atoms with Crippen LogP contribution in [0.2, 0.25) is 5.02 Å². The fourth-order valence-corrected chi connectivity index (χ4v) is 4.39. The maximum atomic E-state index is 12.9. The second-order valence-corrected chi connectivity index (χ2v) is 6.80. The standard InChI is InChI=1S/C17H19ClN2O/c1-11-9-20(15-10-19-7-5-12(15)6-8-19)17(21)13-3-2-4-14(18)16(11)13/h2-4,9,12,15H,5-8,10H2,1H3. The predicted octanol–water partition coefficient (Wildman–Crippen LogP) is 3.23. The topological polar surface area (TPSA) is 25.2 Å². The first-order valence-electron chi connectivity index (χ1n) is 7.67. The normalized spacial score (nSPS) is 28.2. The molecule has 0 spiro atoms. The van der Waals surface area contributed by atoms with Crippen LogP contribution in [0.25, 0.3) is 10.8 Å². The minimum absolute atomic E-state index is 0.108. The molecular weight excluding hydrogens is 284 g/mol. The van der Waals surface area contributed by atoms with Crippen molar-refractivity contribution in [3.8, 4) is 0 Å². The van der Waals surface area contributed by atoms with E-state index < -0.39 is 0 Å². The summed E-state index contributed by atoms with van der Waals surface area (Å²) in [6.07, 6.45) is 4.44. The number of aryl methyl sites for hydroxylation is 1. The van der Waals surface area contributed by atoms with Gasteiger partial charge in [0.1, 0.15) is 0 Å². The Kier molecular flexibility index (Phi) is 3.09. The second kappa shape index (κ2) is 4.85. The number of benzene rings is 1. The molecule has 5 rings (SSSR count). The summed E-state index contributed by atoms with van der Waals surface area (Å²) in [6, 6.07) is 5.94. The van der Waals surface area contributed by atoms with Crippen LogP contribution >= 0.6 is 11.6 Å². The molecule has 0 saturated carbocycles. The Morgan fingerprint density at radius 2 is 2.00 bits per heavy atom. The number of hydrogen-bond acceptors (Lipinski definition) is 2. The van der Waals surface area contributed by atoms with E-state index >= 15 is 0 Å². The second-order valence-electron chi connectivity index (χ2n) is 6.39. The lowest BCUT2D eigenvalue weighted by Crippen LogP contribution is -2.50. The van der Waals surface area contributed by atoms with Gasteiger partial charge in [0.25, 0.3) is 5.56 Å². The Balaban J connectivity index is 1.91. The summed E-state index contributed by atoms with van der Waals surface area (Å²) in [7, 11) is 0. The molecule has 2 aromatic rings. The molecule has 3 aliphatic rings. The quantitative estimate of drug-likeness (QED) is 0.808. The van der Waals surface area contributed by atoms with Crippen LogP contribution in [-0.4, -0.2) is 29.1 Å². The van der Waals surface area contributed by atoms with E-state index in [9.17, 15) is 4.79 Å².